The monoisotopic (exact) mass is 430 g/mol. The van der Waals surface area contributed by atoms with Crippen LogP contribution in [0, 0.1) is 5.41 Å². The molecule has 156 valence electrons. The Morgan fingerprint density at radius 2 is 1.86 bits per heavy atom. The smallest absolute Gasteiger partial charge is 0.404 e. The summed E-state index contributed by atoms with van der Waals surface area (Å²) >= 11 is 12.3. The first-order chi connectivity index (χ1) is 12.9. The van der Waals surface area contributed by atoms with Gasteiger partial charge in [-0.2, -0.15) is 0 Å². The molecule has 2 atom stereocenters. The zero-order chi connectivity index (χ0) is 21.7. The molecule has 0 saturated carbocycles. The van der Waals surface area contributed by atoms with Crippen molar-refractivity contribution in [2.75, 3.05) is 13.6 Å². The van der Waals surface area contributed by atoms with Crippen molar-refractivity contribution in [3.63, 3.8) is 0 Å². The van der Waals surface area contributed by atoms with E-state index in [1.54, 1.807) is 32.2 Å². The van der Waals surface area contributed by atoms with Gasteiger partial charge < -0.3 is 20.1 Å². The van der Waals surface area contributed by atoms with Gasteiger partial charge in [0.1, 0.15) is 6.29 Å². The number of hydrogen-bond donors (Lipinski definition) is 2. The van der Waals surface area contributed by atoms with E-state index in [4.69, 9.17) is 23.2 Å². The van der Waals surface area contributed by atoms with E-state index in [1.165, 1.54) is 4.90 Å². The molecule has 28 heavy (non-hydrogen) atoms. The topological polar surface area (TPSA) is 86.7 Å². The lowest BCUT2D eigenvalue weighted by Gasteiger charge is -2.48. The number of carbonyl (C=O) groups is 3. The second kappa shape index (κ2) is 9.61. The van der Waals surface area contributed by atoms with Crippen LogP contribution < -0.4 is 5.32 Å². The molecule has 2 amide bonds. The Bertz CT molecular complexity index is 733. The standard InChI is InChI=1S/C20H28Cl2N2O4/c1-6-16(26)24(5)12-20(9-10-25,13-7-8-14(21)15(22)11-13)17(19(2,3)4)23-18(27)28/h7-8,10-11,17,23H,6,9,12H2,1-5H3,(H,27,28). The highest BCUT2D eigenvalue weighted by molar-refractivity contribution is 6.42. The van der Waals surface area contributed by atoms with Crippen molar-refractivity contribution in [2.24, 2.45) is 5.41 Å². The highest BCUT2D eigenvalue weighted by atomic mass is 35.5. The highest BCUT2D eigenvalue weighted by Gasteiger charge is 2.48. The maximum atomic E-state index is 12.3. The molecule has 0 aliphatic heterocycles. The van der Waals surface area contributed by atoms with Crippen molar-refractivity contribution in [2.45, 2.75) is 52.0 Å². The average molecular weight is 431 g/mol. The molecule has 0 fully saturated rings. The number of nitrogens with one attached hydrogen (secondary N) is 1. The highest BCUT2D eigenvalue weighted by Crippen LogP contribution is 2.42. The molecular weight excluding hydrogens is 403 g/mol. The Balaban J connectivity index is 3.76. The molecule has 6 nitrogen and oxygen atoms in total. The molecular formula is C20H28Cl2N2O4. The summed E-state index contributed by atoms with van der Waals surface area (Å²) in [4.78, 5) is 37.2. The first kappa shape index (κ1) is 24.2. The van der Waals surface area contributed by atoms with E-state index in [0.29, 0.717) is 22.0 Å². The van der Waals surface area contributed by atoms with Crippen molar-refractivity contribution in [1.82, 2.24) is 10.2 Å². The fourth-order valence-electron chi connectivity index (χ4n) is 3.69. The molecule has 0 heterocycles. The van der Waals surface area contributed by atoms with E-state index in [9.17, 15) is 19.5 Å². The van der Waals surface area contributed by atoms with E-state index in [2.05, 4.69) is 5.32 Å². The number of carboxylic acid groups (broad SMARTS) is 1. The second-order valence-electron chi connectivity index (χ2n) is 8.01. The first-order valence-corrected chi connectivity index (χ1v) is 9.77. The normalized spacial score (nSPS) is 14.7. The molecule has 0 aromatic heterocycles. The molecule has 2 unspecified atom stereocenters. The molecule has 0 saturated heterocycles. The Morgan fingerprint density at radius 1 is 1.25 bits per heavy atom. The zero-order valence-corrected chi connectivity index (χ0v) is 18.4. The van der Waals surface area contributed by atoms with Gasteiger partial charge in [0.15, 0.2) is 0 Å². The number of benzene rings is 1. The third-order valence-corrected chi connectivity index (χ3v) is 5.62. The van der Waals surface area contributed by atoms with E-state index in [0.717, 1.165) is 6.29 Å². The number of amides is 2. The van der Waals surface area contributed by atoms with E-state index in [-0.39, 0.29) is 18.9 Å². The molecule has 1 rings (SSSR count). The number of rotatable bonds is 8. The van der Waals surface area contributed by atoms with Gasteiger partial charge in [-0.15, -0.1) is 0 Å². The molecule has 0 aliphatic rings. The summed E-state index contributed by atoms with van der Waals surface area (Å²) in [5.74, 6) is -0.113. The Labute approximate surface area is 176 Å². The zero-order valence-electron chi connectivity index (χ0n) is 16.9. The number of nitrogens with zero attached hydrogens (tertiary/aromatic N) is 1. The van der Waals surface area contributed by atoms with Gasteiger partial charge in [-0.3, -0.25) is 4.79 Å². The fraction of sp³-hybridized carbons (Fsp3) is 0.550. The van der Waals surface area contributed by atoms with Gasteiger partial charge in [0, 0.05) is 37.9 Å². The predicted molar refractivity (Wildman–Crippen MR) is 111 cm³/mol. The SMILES string of the molecule is CCC(=O)N(C)CC(CC=O)(c1ccc(Cl)c(Cl)c1)C(NC(=O)O)C(C)(C)C. The number of carbonyl (C=O) groups excluding carboxylic acids is 2. The third-order valence-electron chi connectivity index (χ3n) is 4.88. The van der Waals surface area contributed by atoms with Crippen LogP contribution in [0.1, 0.15) is 46.1 Å². The minimum absolute atomic E-state index is 0.00544. The molecule has 0 aliphatic carbocycles. The minimum Gasteiger partial charge on any atom is -0.465 e. The molecule has 1 aromatic carbocycles. The van der Waals surface area contributed by atoms with Crippen molar-refractivity contribution in [1.29, 1.82) is 0 Å². The Kier molecular flexibility index (Phi) is 8.32. The number of hydrogen-bond acceptors (Lipinski definition) is 3. The summed E-state index contributed by atoms with van der Waals surface area (Å²) in [6, 6.07) is 4.29. The van der Waals surface area contributed by atoms with Gasteiger partial charge in [0.25, 0.3) is 0 Å². The molecule has 8 heteroatoms. The largest absolute Gasteiger partial charge is 0.465 e. The quantitative estimate of drug-likeness (QED) is 0.599. The number of halogens is 2. The van der Waals surface area contributed by atoms with E-state index in [1.807, 2.05) is 20.8 Å². The van der Waals surface area contributed by atoms with Gasteiger partial charge in [0.05, 0.1) is 10.0 Å². The molecule has 2 N–H and O–H groups in total. The van der Waals surface area contributed by atoms with Gasteiger partial charge in [-0.05, 0) is 23.1 Å². The average Bonchev–Trinajstić information content (AvgIpc) is 2.59. The van der Waals surface area contributed by atoms with Crippen LogP contribution in [0.25, 0.3) is 0 Å². The van der Waals surface area contributed by atoms with Crippen LogP contribution in [0.15, 0.2) is 18.2 Å². The fourth-order valence-corrected chi connectivity index (χ4v) is 3.99. The maximum absolute atomic E-state index is 12.3. The molecule has 0 spiro atoms. The van der Waals surface area contributed by atoms with Crippen molar-refractivity contribution in [3.05, 3.63) is 33.8 Å². The van der Waals surface area contributed by atoms with Gasteiger partial charge in [-0.1, -0.05) is 57.0 Å². The minimum atomic E-state index is -1.21. The Hall–Kier alpha value is -1.79. The second-order valence-corrected chi connectivity index (χ2v) is 8.82. The third kappa shape index (κ3) is 5.61. The number of aldehydes is 1. The van der Waals surface area contributed by atoms with Crippen molar-refractivity contribution < 1.29 is 19.5 Å². The predicted octanol–water partition coefficient (Wildman–Crippen LogP) is 4.37. The van der Waals surface area contributed by atoms with Crippen LogP contribution in [0.4, 0.5) is 4.79 Å². The number of likely N-dealkylation sites (N-methyl/N-ethyl adjacent to an activating group) is 1. The lowest BCUT2D eigenvalue weighted by Crippen LogP contribution is -2.61. The van der Waals surface area contributed by atoms with Crippen LogP contribution in [-0.4, -0.2) is 47.9 Å². The van der Waals surface area contributed by atoms with Crippen LogP contribution >= 0.6 is 23.2 Å². The van der Waals surface area contributed by atoms with Crippen LogP contribution in [-0.2, 0) is 15.0 Å². The summed E-state index contributed by atoms with van der Waals surface area (Å²) < 4.78 is 0. The van der Waals surface area contributed by atoms with Crippen LogP contribution in [0.5, 0.6) is 0 Å². The van der Waals surface area contributed by atoms with Crippen molar-refractivity contribution >= 4 is 41.5 Å². The summed E-state index contributed by atoms with van der Waals surface area (Å²) in [6.45, 7) is 7.53. The molecule has 0 bridgehead atoms. The van der Waals surface area contributed by atoms with Gasteiger partial charge in [0.2, 0.25) is 5.91 Å². The van der Waals surface area contributed by atoms with Crippen molar-refractivity contribution in [3.8, 4) is 0 Å². The van der Waals surface area contributed by atoms with E-state index >= 15 is 0 Å². The lowest BCUT2D eigenvalue weighted by molar-refractivity contribution is -0.131. The molecule has 0 radical (unpaired) electrons. The van der Waals surface area contributed by atoms with Gasteiger partial charge in [-0.25, -0.2) is 4.79 Å². The maximum Gasteiger partial charge on any atom is 0.404 e. The summed E-state index contributed by atoms with van der Waals surface area (Å²) in [5, 5.41) is 12.7. The van der Waals surface area contributed by atoms with Crippen LogP contribution in [0.2, 0.25) is 10.0 Å². The summed E-state index contributed by atoms with van der Waals surface area (Å²) in [7, 11) is 1.64. The van der Waals surface area contributed by atoms with E-state index < -0.39 is 23.0 Å². The summed E-state index contributed by atoms with van der Waals surface area (Å²) in [5.41, 5.74) is -0.964. The Morgan fingerprint density at radius 3 is 2.29 bits per heavy atom. The lowest BCUT2D eigenvalue weighted by atomic mass is 9.63. The summed E-state index contributed by atoms with van der Waals surface area (Å²) in [6.07, 6.45) is -0.176. The van der Waals surface area contributed by atoms with Gasteiger partial charge >= 0.3 is 6.09 Å². The molecule has 1 aromatic rings. The first-order valence-electron chi connectivity index (χ1n) is 9.01. The van der Waals surface area contributed by atoms with Crippen LogP contribution in [0.3, 0.4) is 0 Å².